The van der Waals surface area contributed by atoms with Gasteiger partial charge in [0.1, 0.15) is 78.3 Å². The number of benzene rings is 4. The van der Waals surface area contributed by atoms with Crippen LogP contribution in [0.15, 0.2) is 115 Å². The zero-order chi connectivity index (χ0) is 85.1. The van der Waals surface area contributed by atoms with Gasteiger partial charge in [-0.05, 0) is 113 Å². The largest absolute Gasteiger partial charge is 0.508 e. The van der Waals surface area contributed by atoms with Crippen molar-refractivity contribution < 1.29 is 97.5 Å². The molecule has 116 heavy (non-hydrogen) atoms. The van der Waals surface area contributed by atoms with E-state index in [1.165, 1.54) is 31.2 Å². The summed E-state index contributed by atoms with van der Waals surface area (Å²) in [6.45, 7) is 1.77. The molecule has 2 heterocycles. The average Bonchev–Trinajstić information content (AvgIpc) is 1.51. The zero-order valence-corrected chi connectivity index (χ0v) is 65.8. The van der Waals surface area contributed by atoms with Crippen molar-refractivity contribution in [3.05, 3.63) is 138 Å². The maximum Gasteiger partial charge on any atom is 0.327 e. The normalized spacial score (nSPS) is 23.6. The molecule has 1 aliphatic heterocycles. The number of amides is 14. The maximum atomic E-state index is 15.4. The SMILES string of the molecule is C[C@H](N)C(=O)NCC(=O)N[C@H]1CSSC[C@@H](C(=O)O)NC(=O)[C@H](CO)NC(=O)[C@H]([C@@H](C)O)NC(=O)[C@H](Cc2ccc(O)cc2)NC(=O)[C@H]([C@@H](C)O)NC(=O)[C@H](CCCCN)NC(=O)[C@H](Cc2c[nH]c3ccccc23)NC(=O)[C@H](Cc2ccccc2)NC(=O)[C@H](Cc2ccccc2)NC(=O)[C@H](CC(N)=O)NC(=O)[C@H](CCCCN)NC1=O. The maximum absolute atomic E-state index is 15.4. The van der Waals surface area contributed by atoms with E-state index >= 15 is 14.4 Å². The molecule has 14 amide bonds. The third-order valence-corrected chi connectivity index (χ3v) is 20.8. The first kappa shape index (κ1) is 93.6. The molecule has 38 nitrogen and oxygen atoms in total. The number of primary amides is 1. The van der Waals surface area contributed by atoms with E-state index in [4.69, 9.17) is 22.9 Å². The molecule has 0 unspecified atom stereocenters. The molecule has 0 bridgehead atoms. The van der Waals surface area contributed by atoms with Crippen molar-refractivity contribution in [1.29, 1.82) is 0 Å². The molecule has 0 radical (unpaired) electrons. The fourth-order valence-electron chi connectivity index (χ4n) is 12.0. The van der Waals surface area contributed by atoms with Gasteiger partial charge in [0.05, 0.1) is 37.8 Å². The number of nitrogens with two attached hydrogens (primary N) is 4. The Morgan fingerprint density at radius 1 is 0.483 bits per heavy atom. The van der Waals surface area contributed by atoms with Crippen molar-refractivity contribution in [2.24, 2.45) is 22.9 Å². The molecule has 0 spiro atoms. The number of hydrogen-bond acceptors (Lipinski definition) is 24. The van der Waals surface area contributed by atoms with E-state index in [1.807, 2.05) is 0 Å². The average molecular weight is 1650 g/mol. The van der Waals surface area contributed by atoms with E-state index in [2.05, 4.69) is 74.1 Å². The van der Waals surface area contributed by atoms with E-state index in [-0.39, 0.29) is 75.8 Å². The summed E-state index contributed by atoms with van der Waals surface area (Å²) in [5, 5.41) is 86.0. The summed E-state index contributed by atoms with van der Waals surface area (Å²) in [4.78, 5) is 217. The van der Waals surface area contributed by atoms with Gasteiger partial charge < -0.3 is 123 Å². The molecule has 630 valence electrons. The van der Waals surface area contributed by atoms with Crippen molar-refractivity contribution >= 4 is 121 Å². The minimum atomic E-state index is -2.03. The van der Waals surface area contributed by atoms with E-state index in [0.717, 1.165) is 35.4 Å². The smallest absolute Gasteiger partial charge is 0.327 e. The first-order valence-corrected chi connectivity index (χ1v) is 40.0. The number of unbranched alkanes of at least 4 members (excludes halogenated alkanes) is 2. The summed E-state index contributed by atoms with van der Waals surface area (Å²) in [5.41, 5.74) is 25.4. The molecule has 5 aromatic rings. The van der Waals surface area contributed by atoms with Gasteiger partial charge in [0, 0.05) is 54.3 Å². The van der Waals surface area contributed by atoms with Crippen LogP contribution in [0, 0.1) is 0 Å². The molecular weight excluding hydrogens is 1550 g/mol. The van der Waals surface area contributed by atoms with Crippen molar-refractivity contribution in [2.75, 3.05) is 37.7 Å². The number of H-pyrrole nitrogens is 1. The molecule has 6 rings (SSSR count). The quantitative estimate of drug-likeness (QED) is 0.0182. The van der Waals surface area contributed by atoms with Crippen LogP contribution in [0.5, 0.6) is 5.75 Å². The summed E-state index contributed by atoms with van der Waals surface area (Å²) in [5.74, 6) is -18.2. The summed E-state index contributed by atoms with van der Waals surface area (Å²) in [7, 11) is 1.47. The highest BCUT2D eigenvalue weighted by Crippen LogP contribution is 2.25. The lowest BCUT2D eigenvalue weighted by molar-refractivity contribution is -0.142. The van der Waals surface area contributed by atoms with Gasteiger partial charge in [-0.3, -0.25) is 67.1 Å². The second-order valence-electron chi connectivity index (χ2n) is 27.8. The van der Waals surface area contributed by atoms with Gasteiger partial charge in [-0.15, -0.1) is 0 Å². The number of phenols is 1. The number of para-hydroxylation sites is 1. The number of aromatic amines is 1. The number of carboxylic acids is 1. The Hall–Kier alpha value is -11.3. The number of carbonyl (C=O) groups excluding carboxylic acids is 14. The second kappa shape index (κ2) is 47.6. The number of aromatic hydroxyl groups is 1. The number of aliphatic carboxylic acids is 1. The predicted molar refractivity (Wildman–Crippen MR) is 427 cm³/mol. The predicted octanol–water partition coefficient (Wildman–Crippen LogP) is -5.21. The number of aliphatic hydroxyl groups excluding tert-OH is 3. The molecule has 4 aromatic carbocycles. The number of nitrogens with one attached hydrogen (secondary N) is 14. The van der Waals surface area contributed by atoms with Crippen LogP contribution in [-0.2, 0) is 97.6 Å². The van der Waals surface area contributed by atoms with Crippen molar-refractivity contribution in [3.8, 4) is 5.75 Å². The van der Waals surface area contributed by atoms with Gasteiger partial charge >= 0.3 is 5.97 Å². The van der Waals surface area contributed by atoms with Crippen LogP contribution in [0.3, 0.4) is 0 Å². The molecule has 40 heteroatoms. The molecule has 0 saturated carbocycles. The molecule has 1 saturated heterocycles. The van der Waals surface area contributed by atoms with Gasteiger partial charge in [0.2, 0.25) is 82.7 Å². The lowest BCUT2D eigenvalue weighted by Gasteiger charge is -2.29. The van der Waals surface area contributed by atoms with Gasteiger partial charge in [0.25, 0.3) is 0 Å². The number of fused-ring (bicyclic) bond motifs is 1. The fraction of sp³-hybridized carbons (Fsp3) is 0.461. The van der Waals surface area contributed by atoms with Gasteiger partial charge in [-0.25, -0.2) is 4.79 Å². The van der Waals surface area contributed by atoms with Crippen LogP contribution in [0.2, 0.25) is 0 Å². The highest BCUT2D eigenvalue weighted by Gasteiger charge is 2.40. The van der Waals surface area contributed by atoms with Crippen LogP contribution in [-0.4, -0.2) is 248 Å². The van der Waals surface area contributed by atoms with E-state index < -0.39 is 217 Å². The molecule has 1 aliphatic rings. The molecule has 1 aromatic heterocycles. The molecule has 0 aliphatic carbocycles. The summed E-state index contributed by atoms with van der Waals surface area (Å²) in [6, 6.07) is 6.37. The highest BCUT2D eigenvalue weighted by atomic mass is 33.1. The molecule has 27 N–H and O–H groups in total. The van der Waals surface area contributed by atoms with Crippen LogP contribution >= 0.6 is 21.6 Å². The number of aromatic nitrogens is 1. The summed E-state index contributed by atoms with van der Waals surface area (Å²) >= 11 is 0. The van der Waals surface area contributed by atoms with Crippen LogP contribution in [0.25, 0.3) is 10.9 Å². The molecular formula is C76H104N18O20S2. The van der Waals surface area contributed by atoms with Crippen LogP contribution < -0.4 is 92.1 Å². The first-order valence-electron chi connectivity index (χ1n) is 37.5. The molecule has 15 atom stereocenters. The lowest BCUT2D eigenvalue weighted by atomic mass is 10.00. The summed E-state index contributed by atoms with van der Waals surface area (Å²) < 4.78 is 0. The highest BCUT2D eigenvalue weighted by molar-refractivity contribution is 8.76. The Morgan fingerprint density at radius 3 is 1.37 bits per heavy atom. The van der Waals surface area contributed by atoms with Gasteiger partial charge in [-0.1, -0.05) is 113 Å². The van der Waals surface area contributed by atoms with E-state index in [9.17, 15) is 83.1 Å². The van der Waals surface area contributed by atoms with Crippen molar-refractivity contribution in [1.82, 2.24) is 74.1 Å². The zero-order valence-electron chi connectivity index (χ0n) is 64.1. The van der Waals surface area contributed by atoms with E-state index in [1.54, 1.807) is 91.1 Å². The number of carboxylic acid groups (broad SMARTS) is 1. The Kier molecular flexibility index (Phi) is 38.4. The number of carbonyl (C=O) groups is 15. The monoisotopic (exact) mass is 1650 g/mol. The lowest BCUT2D eigenvalue weighted by Crippen LogP contribution is -2.63. The molecule has 1 fully saturated rings. The first-order chi connectivity index (χ1) is 55.3. The summed E-state index contributed by atoms with van der Waals surface area (Å²) in [6.07, 6.45) is -3.78. The number of phenolic OH excluding ortho intramolecular Hbond substituents is 1. The Morgan fingerprint density at radius 2 is 0.888 bits per heavy atom. The minimum absolute atomic E-state index is 0.0986. The number of rotatable bonds is 26. The van der Waals surface area contributed by atoms with E-state index in [0.29, 0.717) is 34.0 Å². The standard InChI is InChI=1S/C76H104N18O20S2/c1-40(79)64(101)82-36-61(100)83-58-38-115-116-39-59(76(113)114)92-72(109)57(37-95)91-75(112)63(42(3)97)94-71(108)54(32-45-24-26-47(98)27-25-45)90-74(111)62(41(2)96)93-66(103)51(23-13-15-29-78)84-69(106)55(33-46-35-81-49-21-11-10-20-48(46)49)88-68(105)53(31-44-18-8-5-9-19-44)86-67(104)52(30-43-16-6-4-7-17-43)87-70(107)56(34-60(80)99)89-65(102)50(85-73(58)110)22-12-14-28-77/h4-11,16-21,24-27,35,40-42,50-59,62-63,81,95-98H,12-15,22-23,28-34,36-39,77-79H2,1-3H3,(H2,80,99)(H,82,101)(H,83,100)(H,84,106)(H,85,110)(H,86,104)(H,87,107)(H,88,105)(H,89,102)(H,90,111)(H,91,112)(H,92,109)(H,93,103)(H,94,108)(H,113,114)/t40-,41+,42+,50-,51-,52-,53-,54-,55-,56-,57-,58-,59-,62-,63-/m0/s1. The third kappa shape index (κ3) is 30.5. The Labute approximate surface area is 675 Å². The third-order valence-electron chi connectivity index (χ3n) is 18.4. The van der Waals surface area contributed by atoms with Crippen LogP contribution in [0.1, 0.15) is 88.0 Å². The number of aliphatic hydroxyl groups is 3. The Balaban J connectivity index is 1.47. The van der Waals surface area contributed by atoms with Crippen molar-refractivity contribution in [3.63, 3.8) is 0 Å². The number of hydrogen-bond donors (Lipinski definition) is 23. The van der Waals surface area contributed by atoms with Crippen LogP contribution in [0.4, 0.5) is 0 Å². The Bertz CT molecular complexity index is 4180. The van der Waals surface area contributed by atoms with Gasteiger partial charge in [0.15, 0.2) is 0 Å². The topological polar surface area (TPSA) is 633 Å². The van der Waals surface area contributed by atoms with Crippen molar-refractivity contribution in [2.45, 2.75) is 182 Å². The minimum Gasteiger partial charge on any atom is -0.508 e. The van der Waals surface area contributed by atoms with Gasteiger partial charge in [-0.2, -0.15) is 0 Å². The second-order valence-corrected chi connectivity index (χ2v) is 30.3. The fourth-order valence-corrected chi connectivity index (χ4v) is 14.3.